The van der Waals surface area contributed by atoms with Crippen LogP contribution in [-0.2, 0) is 23.2 Å². The Morgan fingerprint density at radius 1 is 1.09 bits per heavy atom. The van der Waals surface area contributed by atoms with E-state index in [-0.39, 0.29) is 42.8 Å². The SMILES string of the molecule is CC(C)c1cc2cc(CC(=O)C3(c4ccc5c(c4)OC(F)(F)O5)CC3)ccc2n1C[C@@H](O)CO. The van der Waals surface area contributed by atoms with Crippen molar-refractivity contribution in [2.45, 2.75) is 63.4 Å². The standard InChI is InChI=1S/C26H27F2NO5/c1-15(2)21-11-17-9-16(3-5-20(17)29(21)13-19(31)14-30)10-24(32)25(7-8-25)18-4-6-22-23(12-18)34-26(27,28)33-22/h3-6,9,11-12,15,19,30-31H,7-8,10,13-14H2,1-2H3/t19-/m1/s1. The third-order valence-electron chi connectivity index (χ3n) is 6.80. The number of aromatic nitrogens is 1. The summed E-state index contributed by atoms with van der Waals surface area (Å²) < 4.78 is 37.8. The van der Waals surface area contributed by atoms with Gasteiger partial charge in [0, 0.05) is 23.0 Å². The molecule has 8 heteroatoms. The highest BCUT2D eigenvalue weighted by atomic mass is 19.3. The Bertz CT molecular complexity index is 1260. The van der Waals surface area contributed by atoms with Crippen LogP contribution in [0, 0.1) is 0 Å². The van der Waals surface area contributed by atoms with Crippen molar-refractivity contribution in [3.63, 3.8) is 0 Å². The number of alkyl halides is 2. The molecule has 0 unspecified atom stereocenters. The number of benzene rings is 2. The molecule has 0 bridgehead atoms. The van der Waals surface area contributed by atoms with Gasteiger partial charge in [0.15, 0.2) is 11.5 Å². The van der Waals surface area contributed by atoms with Crippen LogP contribution in [-0.4, -0.2) is 39.6 Å². The first-order chi connectivity index (χ1) is 16.1. The van der Waals surface area contributed by atoms with Crippen LogP contribution < -0.4 is 9.47 Å². The zero-order valence-electron chi connectivity index (χ0n) is 19.1. The maximum absolute atomic E-state index is 13.4. The number of aliphatic hydroxyl groups is 2. The summed E-state index contributed by atoms with van der Waals surface area (Å²) in [4.78, 5) is 13.3. The lowest BCUT2D eigenvalue weighted by atomic mass is 9.87. The molecule has 180 valence electrons. The van der Waals surface area contributed by atoms with Gasteiger partial charge in [0.1, 0.15) is 5.78 Å². The highest BCUT2D eigenvalue weighted by molar-refractivity contribution is 5.95. The van der Waals surface area contributed by atoms with Gasteiger partial charge in [0.05, 0.1) is 24.7 Å². The molecule has 0 saturated heterocycles. The van der Waals surface area contributed by atoms with E-state index in [2.05, 4.69) is 29.4 Å². The third kappa shape index (κ3) is 3.95. The van der Waals surface area contributed by atoms with Crippen molar-refractivity contribution in [3.05, 3.63) is 59.3 Å². The number of carbonyl (C=O) groups is 1. The summed E-state index contributed by atoms with van der Waals surface area (Å²) in [5.74, 6) is 0.183. The number of rotatable bonds is 8. The predicted molar refractivity (Wildman–Crippen MR) is 121 cm³/mol. The first kappa shape index (κ1) is 22.8. The van der Waals surface area contributed by atoms with Crippen LogP contribution in [0.2, 0.25) is 0 Å². The van der Waals surface area contributed by atoms with E-state index in [1.807, 2.05) is 22.8 Å². The highest BCUT2D eigenvalue weighted by Gasteiger charge is 2.52. The summed E-state index contributed by atoms with van der Waals surface area (Å²) in [6, 6.07) is 12.5. The van der Waals surface area contributed by atoms with E-state index in [4.69, 9.17) is 0 Å². The minimum absolute atomic E-state index is 0.0285. The van der Waals surface area contributed by atoms with Crippen molar-refractivity contribution in [3.8, 4) is 11.5 Å². The number of fused-ring (bicyclic) bond motifs is 2. The van der Waals surface area contributed by atoms with Crippen LogP contribution in [0.3, 0.4) is 0 Å². The second-order valence-corrected chi connectivity index (χ2v) is 9.58. The molecule has 3 aromatic rings. The van der Waals surface area contributed by atoms with E-state index >= 15 is 0 Å². The van der Waals surface area contributed by atoms with Crippen LogP contribution in [0.5, 0.6) is 11.5 Å². The normalized spacial score (nSPS) is 18.4. The second-order valence-electron chi connectivity index (χ2n) is 9.58. The third-order valence-corrected chi connectivity index (χ3v) is 6.80. The van der Waals surface area contributed by atoms with Gasteiger partial charge in [-0.25, -0.2) is 0 Å². The molecule has 1 fully saturated rings. The van der Waals surface area contributed by atoms with Gasteiger partial charge in [-0.05, 0) is 60.2 Å². The molecule has 1 saturated carbocycles. The molecule has 1 aliphatic heterocycles. The maximum Gasteiger partial charge on any atom is 0.586 e. The quantitative estimate of drug-likeness (QED) is 0.513. The summed E-state index contributed by atoms with van der Waals surface area (Å²) in [6.45, 7) is 4.11. The number of hydrogen-bond acceptors (Lipinski definition) is 5. The fraction of sp³-hybridized carbons (Fsp3) is 0.423. The molecule has 2 N–H and O–H groups in total. The Morgan fingerprint density at radius 3 is 2.50 bits per heavy atom. The second kappa shape index (κ2) is 8.06. The molecule has 0 radical (unpaired) electrons. The molecular weight excluding hydrogens is 444 g/mol. The topological polar surface area (TPSA) is 80.9 Å². The lowest BCUT2D eigenvalue weighted by molar-refractivity contribution is -0.286. The smallest absolute Gasteiger partial charge is 0.395 e. The molecule has 2 aromatic carbocycles. The van der Waals surface area contributed by atoms with Gasteiger partial charge in [-0.15, -0.1) is 8.78 Å². The van der Waals surface area contributed by atoms with Gasteiger partial charge in [-0.1, -0.05) is 26.0 Å². The Kier molecular flexibility index (Phi) is 5.41. The summed E-state index contributed by atoms with van der Waals surface area (Å²) in [5.41, 5.74) is 2.83. The zero-order valence-corrected chi connectivity index (χ0v) is 19.1. The van der Waals surface area contributed by atoms with Gasteiger partial charge >= 0.3 is 6.29 Å². The van der Waals surface area contributed by atoms with Crippen LogP contribution in [0.4, 0.5) is 8.78 Å². The van der Waals surface area contributed by atoms with Crippen molar-refractivity contribution in [2.24, 2.45) is 0 Å². The van der Waals surface area contributed by atoms with E-state index < -0.39 is 17.8 Å². The lowest BCUT2D eigenvalue weighted by Gasteiger charge is -2.16. The largest absolute Gasteiger partial charge is 0.586 e. The van der Waals surface area contributed by atoms with Gasteiger partial charge in [-0.2, -0.15) is 0 Å². The Balaban J connectivity index is 1.40. The number of halogens is 2. The first-order valence-corrected chi connectivity index (χ1v) is 11.5. The summed E-state index contributed by atoms with van der Waals surface area (Å²) in [6.07, 6.45) is -2.99. The van der Waals surface area contributed by atoms with Crippen molar-refractivity contribution in [2.75, 3.05) is 6.61 Å². The van der Waals surface area contributed by atoms with Gasteiger partial charge in [0.25, 0.3) is 0 Å². The van der Waals surface area contributed by atoms with Crippen LogP contribution in [0.1, 0.15) is 49.4 Å². The average Bonchev–Trinajstić information content (AvgIpc) is 3.43. The molecule has 5 rings (SSSR count). The Hall–Kier alpha value is -2.97. The summed E-state index contributed by atoms with van der Waals surface area (Å²) >= 11 is 0. The molecule has 6 nitrogen and oxygen atoms in total. The van der Waals surface area contributed by atoms with E-state index in [0.717, 1.165) is 22.2 Å². The Labute approximate surface area is 195 Å². The molecule has 0 amide bonds. The predicted octanol–water partition coefficient (Wildman–Crippen LogP) is 4.28. The average molecular weight is 472 g/mol. The van der Waals surface area contributed by atoms with Gasteiger partial charge < -0.3 is 24.3 Å². The molecule has 2 heterocycles. The number of carbonyl (C=O) groups excluding carboxylic acids is 1. The molecule has 34 heavy (non-hydrogen) atoms. The maximum atomic E-state index is 13.4. The van der Waals surface area contributed by atoms with Crippen LogP contribution in [0.25, 0.3) is 10.9 Å². The van der Waals surface area contributed by atoms with Crippen molar-refractivity contribution in [1.29, 1.82) is 0 Å². The van der Waals surface area contributed by atoms with Gasteiger partial charge in [0.2, 0.25) is 0 Å². The fourth-order valence-corrected chi connectivity index (χ4v) is 4.86. The first-order valence-electron chi connectivity index (χ1n) is 11.5. The van der Waals surface area contributed by atoms with E-state index in [1.165, 1.54) is 12.1 Å². The van der Waals surface area contributed by atoms with Crippen molar-refractivity contribution < 1.29 is 33.3 Å². The number of ketones is 1. The number of hydrogen-bond donors (Lipinski definition) is 2. The minimum Gasteiger partial charge on any atom is -0.395 e. The van der Waals surface area contributed by atoms with E-state index in [1.54, 1.807) is 6.07 Å². The monoisotopic (exact) mass is 471 g/mol. The van der Waals surface area contributed by atoms with Crippen molar-refractivity contribution >= 4 is 16.7 Å². The summed E-state index contributed by atoms with van der Waals surface area (Å²) in [5, 5.41) is 20.2. The number of nitrogens with zero attached hydrogens (tertiary/aromatic N) is 1. The fourth-order valence-electron chi connectivity index (χ4n) is 4.86. The summed E-state index contributed by atoms with van der Waals surface area (Å²) in [7, 11) is 0. The lowest BCUT2D eigenvalue weighted by Crippen LogP contribution is -2.26. The van der Waals surface area contributed by atoms with Crippen LogP contribution in [0.15, 0.2) is 42.5 Å². The number of aliphatic hydroxyl groups excluding tert-OH is 2. The molecular formula is C26H27F2NO5. The van der Waals surface area contributed by atoms with Gasteiger partial charge in [-0.3, -0.25) is 4.79 Å². The number of Topliss-reactive ketones (excluding diaryl/α,β-unsaturated/α-hetero) is 1. The molecule has 1 atom stereocenters. The highest BCUT2D eigenvalue weighted by Crippen LogP contribution is 2.52. The Morgan fingerprint density at radius 2 is 1.82 bits per heavy atom. The van der Waals surface area contributed by atoms with E-state index in [0.29, 0.717) is 18.4 Å². The number of ether oxygens (including phenoxy) is 2. The van der Waals surface area contributed by atoms with Crippen LogP contribution >= 0.6 is 0 Å². The molecule has 2 aliphatic rings. The molecule has 0 spiro atoms. The minimum atomic E-state index is -3.68. The molecule has 1 aliphatic carbocycles. The van der Waals surface area contributed by atoms with Crippen molar-refractivity contribution in [1.82, 2.24) is 4.57 Å². The molecule has 1 aromatic heterocycles. The zero-order chi connectivity index (χ0) is 24.3. The van der Waals surface area contributed by atoms with E-state index in [9.17, 15) is 23.8 Å².